The molecule has 0 radical (unpaired) electrons. The summed E-state index contributed by atoms with van der Waals surface area (Å²) in [7, 11) is -1.60. The third-order valence-electron chi connectivity index (χ3n) is 1.77. The minimum atomic E-state index is -3.83. The fraction of sp³-hybridized carbons (Fsp3) is 0.875. The monoisotopic (exact) mass is 326 g/mol. The molecule has 0 saturated carbocycles. The summed E-state index contributed by atoms with van der Waals surface area (Å²) in [5.41, 5.74) is 0. The van der Waals surface area contributed by atoms with Crippen LogP contribution in [0.25, 0.3) is 0 Å². The molecular weight excluding hydrogens is 313 g/mol. The molecule has 0 saturated heterocycles. The molecule has 0 N–H and O–H groups in total. The molecule has 9 heteroatoms. The van der Waals surface area contributed by atoms with Crippen LogP contribution in [0.4, 0.5) is 0 Å². The van der Waals surface area contributed by atoms with Crippen molar-refractivity contribution in [1.29, 1.82) is 0 Å². The summed E-state index contributed by atoms with van der Waals surface area (Å²) < 4.78 is 24.1. The van der Waals surface area contributed by atoms with Gasteiger partial charge in [-0.15, -0.1) is 0 Å². The van der Waals surface area contributed by atoms with Gasteiger partial charge in [-0.1, -0.05) is 41.7 Å². The Morgan fingerprint density at radius 2 is 1.76 bits per heavy atom. The lowest BCUT2D eigenvalue weighted by atomic mass is 10.3. The molecule has 0 aromatic heterocycles. The highest BCUT2D eigenvalue weighted by atomic mass is 35.6. The molecule has 1 unspecified atom stereocenters. The predicted molar refractivity (Wildman–Crippen MR) is 66.7 cm³/mol. The van der Waals surface area contributed by atoms with Crippen LogP contribution in [0.15, 0.2) is 0 Å². The van der Waals surface area contributed by atoms with Crippen LogP contribution < -0.4 is 0 Å². The Bertz CT molecular complexity index is 296. The van der Waals surface area contributed by atoms with Gasteiger partial charge in [0.2, 0.25) is 9.64 Å². The minimum Gasteiger partial charge on any atom is -0.445 e. The Kier molecular flexibility index (Phi) is 7.38. The molecule has 0 spiro atoms. The van der Waals surface area contributed by atoms with E-state index in [0.29, 0.717) is 6.42 Å². The minimum absolute atomic E-state index is 0.116. The van der Waals surface area contributed by atoms with E-state index >= 15 is 0 Å². The maximum Gasteiger partial charge on any atom is 0.374 e. The average molecular weight is 328 g/mol. The van der Waals surface area contributed by atoms with Crippen molar-refractivity contribution in [1.82, 2.24) is 0 Å². The normalized spacial score (nSPS) is 14.5. The summed E-state index contributed by atoms with van der Waals surface area (Å²) in [5, 5.41) is 0. The van der Waals surface area contributed by atoms with E-state index in [1.165, 1.54) is 0 Å². The van der Waals surface area contributed by atoms with Gasteiger partial charge in [0.1, 0.15) is 0 Å². The predicted octanol–water partition coefficient (Wildman–Crippen LogP) is 3.51. The number of hydrogen-bond acceptors (Lipinski definition) is 5. The van der Waals surface area contributed by atoms with E-state index in [-0.39, 0.29) is 6.42 Å². The molecule has 17 heavy (non-hydrogen) atoms. The topological polar surface area (TPSA) is 61.8 Å². The zero-order valence-electron chi connectivity index (χ0n) is 9.61. The van der Waals surface area contributed by atoms with Gasteiger partial charge in [0.25, 0.3) is 0 Å². The summed E-state index contributed by atoms with van der Waals surface area (Å²) >= 11 is 16.8. The van der Waals surface area contributed by atoms with Gasteiger partial charge in [0.05, 0.1) is 0 Å². The van der Waals surface area contributed by atoms with Crippen molar-refractivity contribution in [2.24, 2.45) is 0 Å². The highest BCUT2D eigenvalue weighted by molar-refractivity contribution is 7.55. The van der Waals surface area contributed by atoms with Crippen molar-refractivity contribution in [2.45, 2.75) is 29.4 Å². The van der Waals surface area contributed by atoms with Gasteiger partial charge >= 0.3 is 13.6 Å². The molecule has 102 valence electrons. The lowest BCUT2D eigenvalue weighted by Crippen LogP contribution is -2.32. The molecule has 0 bridgehead atoms. The van der Waals surface area contributed by atoms with Crippen LogP contribution in [0.2, 0.25) is 0 Å². The Labute approximate surface area is 115 Å². The maximum atomic E-state index is 12.1. The van der Waals surface area contributed by atoms with Gasteiger partial charge in [0, 0.05) is 20.6 Å². The summed E-state index contributed by atoms with van der Waals surface area (Å²) in [5.74, 6) is -2.24. The second-order valence-electron chi connectivity index (χ2n) is 3.04. The fourth-order valence-corrected chi connectivity index (χ4v) is 3.31. The standard InChI is InChI=1S/C8H14Cl3O5P/c1-4-5-6(12)16-7(8(9,10)11)17(13,14-2)15-3/h7H,4-5H2,1-3H3. The SMILES string of the molecule is CCCC(=O)OC(C(Cl)(Cl)Cl)P(=O)(OC)OC. The van der Waals surface area contributed by atoms with Crippen molar-refractivity contribution in [3.63, 3.8) is 0 Å². The Morgan fingerprint density at radius 1 is 1.29 bits per heavy atom. The molecule has 0 aliphatic rings. The first-order valence-electron chi connectivity index (χ1n) is 4.68. The molecule has 0 heterocycles. The molecule has 1 atom stereocenters. The van der Waals surface area contributed by atoms with Crippen LogP contribution in [0.3, 0.4) is 0 Å². The summed E-state index contributed by atoms with van der Waals surface area (Å²) in [4.78, 5) is 11.3. The van der Waals surface area contributed by atoms with Crippen LogP contribution in [0.1, 0.15) is 19.8 Å². The van der Waals surface area contributed by atoms with Crippen LogP contribution in [0.5, 0.6) is 0 Å². The van der Waals surface area contributed by atoms with Crippen molar-refractivity contribution in [3.05, 3.63) is 0 Å². The van der Waals surface area contributed by atoms with E-state index in [2.05, 4.69) is 9.05 Å². The number of alkyl halides is 3. The second-order valence-corrected chi connectivity index (χ2v) is 7.69. The molecule has 0 aromatic carbocycles. The Morgan fingerprint density at radius 3 is 2.06 bits per heavy atom. The molecule has 0 amide bonds. The number of carbonyl (C=O) groups is 1. The van der Waals surface area contributed by atoms with E-state index < -0.39 is 23.2 Å². The quantitative estimate of drug-likeness (QED) is 0.424. The van der Waals surface area contributed by atoms with Gasteiger partial charge in [0.15, 0.2) is 0 Å². The highest BCUT2D eigenvalue weighted by Gasteiger charge is 2.51. The summed E-state index contributed by atoms with van der Waals surface area (Å²) in [6, 6.07) is 0. The van der Waals surface area contributed by atoms with Crippen molar-refractivity contribution >= 4 is 48.4 Å². The first-order valence-corrected chi connectivity index (χ1v) is 7.43. The number of ether oxygens (including phenoxy) is 1. The van der Waals surface area contributed by atoms with E-state index in [4.69, 9.17) is 39.5 Å². The highest BCUT2D eigenvalue weighted by Crippen LogP contribution is 2.59. The lowest BCUT2D eigenvalue weighted by molar-refractivity contribution is -0.146. The van der Waals surface area contributed by atoms with Gasteiger partial charge in [-0.2, -0.15) is 0 Å². The molecule has 0 fully saturated rings. The van der Waals surface area contributed by atoms with E-state index in [9.17, 15) is 9.36 Å². The summed E-state index contributed by atoms with van der Waals surface area (Å²) in [6.07, 6.45) is 0.667. The van der Waals surface area contributed by atoms with Crippen LogP contribution in [-0.2, 0) is 23.1 Å². The first kappa shape index (κ1) is 17.5. The van der Waals surface area contributed by atoms with Gasteiger partial charge in [-0.05, 0) is 6.42 Å². The molecular formula is C8H14Cl3O5P. The van der Waals surface area contributed by atoms with Gasteiger partial charge < -0.3 is 13.8 Å². The maximum absolute atomic E-state index is 12.1. The van der Waals surface area contributed by atoms with Gasteiger partial charge in [-0.3, -0.25) is 9.36 Å². The molecule has 5 nitrogen and oxygen atoms in total. The van der Waals surface area contributed by atoms with Crippen molar-refractivity contribution < 1.29 is 23.1 Å². The number of halogens is 3. The van der Waals surface area contributed by atoms with E-state index in [0.717, 1.165) is 14.2 Å². The lowest BCUT2D eigenvalue weighted by Gasteiger charge is -2.28. The molecule has 0 aliphatic heterocycles. The van der Waals surface area contributed by atoms with Crippen LogP contribution in [0, 0.1) is 0 Å². The number of rotatable bonds is 6. The van der Waals surface area contributed by atoms with E-state index in [1.54, 1.807) is 6.92 Å². The smallest absolute Gasteiger partial charge is 0.374 e. The molecule has 0 rings (SSSR count). The second kappa shape index (κ2) is 7.17. The Hall–Kier alpha value is 0.490. The number of carbonyl (C=O) groups excluding carboxylic acids is 1. The van der Waals surface area contributed by atoms with E-state index in [1.807, 2.05) is 0 Å². The van der Waals surface area contributed by atoms with Crippen molar-refractivity contribution in [3.8, 4) is 0 Å². The Balaban J connectivity index is 5.03. The molecule has 0 aliphatic carbocycles. The van der Waals surface area contributed by atoms with Crippen molar-refractivity contribution in [2.75, 3.05) is 14.2 Å². The third-order valence-corrected chi connectivity index (χ3v) is 4.91. The fourth-order valence-electron chi connectivity index (χ4n) is 0.964. The summed E-state index contributed by atoms with van der Waals surface area (Å²) in [6.45, 7) is 1.78. The average Bonchev–Trinajstić information content (AvgIpc) is 2.24. The number of esters is 1. The zero-order valence-corrected chi connectivity index (χ0v) is 12.8. The van der Waals surface area contributed by atoms with Crippen LogP contribution in [-0.4, -0.2) is 29.8 Å². The third kappa shape index (κ3) is 5.33. The zero-order chi connectivity index (χ0) is 13.7. The van der Waals surface area contributed by atoms with Gasteiger partial charge in [-0.25, -0.2) is 0 Å². The van der Waals surface area contributed by atoms with Crippen LogP contribution >= 0.6 is 42.4 Å². The number of hydrogen-bond donors (Lipinski definition) is 0. The molecule has 0 aromatic rings. The first-order chi connectivity index (χ1) is 7.71. The largest absolute Gasteiger partial charge is 0.445 e.